The monoisotopic (exact) mass is 239 g/mol. The zero-order valence-corrected chi connectivity index (χ0v) is 13.0. The van der Waals surface area contributed by atoms with Crippen LogP contribution in [0.25, 0.3) is 0 Å². The Morgan fingerprint density at radius 1 is 0.941 bits per heavy atom. The first kappa shape index (κ1) is 15.0. The molecule has 17 heavy (non-hydrogen) atoms. The van der Waals surface area contributed by atoms with Gasteiger partial charge in [-0.3, -0.25) is 0 Å². The van der Waals surface area contributed by atoms with Crippen LogP contribution < -0.4 is 0 Å². The third kappa shape index (κ3) is 5.90. The van der Waals surface area contributed by atoms with Gasteiger partial charge in [0.2, 0.25) is 0 Å². The Hall–Kier alpha value is -0.0400. The molecule has 0 radical (unpaired) electrons. The Labute approximate surface area is 109 Å². The molecular formula is C16H33N. The average molecular weight is 239 g/mol. The summed E-state index contributed by atoms with van der Waals surface area (Å²) in [6, 6.07) is 0. The molecular weight excluding hydrogens is 206 g/mol. The second-order valence-corrected chi connectivity index (χ2v) is 8.15. The quantitative estimate of drug-likeness (QED) is 0.697. The number of hydrogen-bond donors (Lipinski definition) is 0. The molecule has 0 spiro atoms. The second-order valence-electron chi connectivity index (χ2n) is 8.15. The van der Waals surface area contributed by atoms with E-state index in [9.17, 15) is 0 Å². The molecule has 0 aliphatic carbocycles. The molecule has 0 bridgehead atoms. The fourth-order valence-electron chi connectivity index (χ4n) is 2.86. The van der Waals surface area contributed by atoms with E-state index in [0.717, 1.165) is 5.92 Å². The van der Waals surface area contributed by atoms with Crippen molar-refractivity contribution in [2.24, 2.45) is 16.7 Å². The molecule has 1 aliphatic heterocycles. The van der Waals surface area contributed by atoms with Crippen LogP contribution in [0.1, 0.15) is 67.2 Å². The van der Waals surface area contributed by atoms with Gasteiger partial charge in [0.15, 0.2) is 0 Å². The molecule has 0 atom stereocenters. The highest BCUT2D eigenvalue weighted by atomic mass is 15.1. The van der Waals surface area contributed by atoms with Crippen LogP contribution in [0.5, 0.6) is 0 Å². The van der Waals surface area contributed by atoms with Crippen LogP contribution in [0.3, 0.4) is 0 Å². The van der Waals surface area contributed by atoms with Crippen LogP contribution in [-0.4, -0.2) is 24.5 Å². The van der Waals surface area contributed by atoms with Crippen LogP contribution in [-0.2, 0) is 0 Å². The largest absolute Gasteiger partial charge is 0.303 e. The maximum atomic E-state index is 2.67. The van der Waals surface area contributed by atoms with Gasteiger partial charge in [-0.25, -0.2) is 0 Å². The number of hydrogen-bond acceptors (Lipinski definition) is 1. The molecule has 0 saturated carbocycles. The minimum absolute atomic E-state index is 0.504. The summed E-state index contributed by atoms with van der Waals surface area (Å²) in [7, 11) is 0. The summed E-state index contributed by atoms with van der Waals surface area (Å²) in [5.41, 5.74) is 1.02. The Bertz CT molecular complexity index is 208. The van der Waals surface area contributed by atoms with E-state index in [0.29, 0.717) is 10.8 Å². The number of nitrogens with zero attached hydrogens (tertiary/aromatic N) is 1. The smallest absolute Gasteiger partial charge is 0.00159 e. The molecule has 1 nitrogen and oxygen atoms in total. The highest BCUT2D eigenvalue weighted by Crippen LogP contribution is 2.34. The summed E-state index contributed by atoms with van der Waals surface area (Å²) in [4.78, 5) is 2.67. The van der Waals surface area contributed by atoms with Crippen LogP contribution in [0, 0.1) is 16.7 Å². The van der Waals surface area contributed by atoms with Gasteiger partial charge in [0.1, 0.15) is 0 Å². The predicted molar refractivity (Wildman–Crippen MR) is 77.3 cm³/mol. The van der Waals surface area contributed by atoms with Crippen molar-refractivity contribution in [3.8, 4) is 0 Å². The summed E-state index contributed by atoms with van der Waals surface area (Å²) < 4.78 is 0. The Kier molecular flexibility index (Phi) is 5.07. The van der Waals surface area contributed by atoms with Gasteiger partial charge in [-0.1, -0.05) is 41.5 Å². The SMILES string of the molecule is CC(C)(C)CCCN1CCC(C(C)(C)C)CC1. The van der Waals surface area contributed by atoms with Crippen LogP contribution in [0.15, 0.2) is 0 Å². The van der Waals surface area contributed by atoms with Crippen molar-refractivity contribution in [2.75, 3.05) is 19.6 Å². The number of rotatable bonds is 3. The van der Waals surface area contributed by atoms with Crippen molar-refractivity contribution in [3.63, 3.8) is 0 Å². The van der Waals surface area contributed by atoms with E-state index in [-0.39, 0.29) is 0 Å². The summed E-state index contributed by atoms with van der Waals surface area (Å²) >= 11 is 0. The Balaban J connectivity index is 2.20. The summed E-state index contributed by atoms with van der Waals surface area (Å²) in [6.45, 7) is 18.2. The first-order chi connectivity index (χ1) is 7.68. The van der Waals surface area contributed by atoms with Crippen molar-refractivity contribution < 1.29 is 0 Å². The lowest BCUT2D eigenvalue weighted by atomic mass is 9.75. The molecule has 0 aromatic carbocycles. The summed E-state index contributed by atoms with van der Waals surface area (Å²) in [6.07, 6.45) is 5.52. The Morgan fingerprint density at radius 2 is 1.47 bits per heavy atom. The highest BCUT2D eigenvalue weighted by Gasteiger charge is 2.28. The fraction of sp³-hybridized carbons (Fsp3) is 1.00. The molecule has 1 heteroatoms. The van der Waals surface area contributed by atoms with E-state index < -0.39 is 0 Å². The first-order valence-corrected chi connectivity index (χ1v) is 7.41. The normalized spacial score (nSPS) is 20.8. The summed E-state index contributed by atoms with van der Waals surface area (Å²) in [5, 5.41) is 0. The maximum Gasteiger partial charge on any atom is -0.00159 e. The van der Waals surface area contributed by atoms with Gasteiger partial charge in [0.25, 0.3) is 0 Å². The van der Waals surface area contributed by atoms with Crippen LogP contribution in [0.2, 0.25) is 0 Å². The van der Waals surface area contributed by atoms with Crippen molar-refractivity contribution >= 4 is 0 Å². The topological polar surface area (TPSA) is 3.24 Å². The molecule has 1 heterocycles. The zero-order chi connectivity index (χ0) is 13.1. The second kappa shape index (κ2) is 5.73. The van der Waals surface area contributed by atoms with Gasteiger partial charge in [0.05, 0.1) is 0 Å². The minimum atomic E-state index is 0.504. The van der Waals surface area contributed by atoms with Crippen molar-refractivity contribution in [2.45, 2.75) is 67.2 Å². The Morgan fingerprint density at radius 3 is 1.88 bits per heavy atom. The number of likely N-dealkylation sites (tertiary alicyclic amines) is 1. The molecule has 1 aliphatic rings. The van der Waals surface area contributed by atoms with Gasteiger partial charge in [-0.15, -0.1) is 0 Å². The van der Waals surface area contributed by atoms with Crippen molar-refractivity contribution in [1.29, 1.82) is 0 Å². The van der Waals surface area contributed by atoms with Gasteiger partial charge < -0.3 is 4.90 Å². The van der Waals surface area contributed by atoms with Gasteiger partial charge >= 0.3 is 0 Å². The molecule has 1 fully saturated rings. The van der Waals surface area contributed by atoms with Crippen LogP contribution >= 0.6 is 0 Å². The minimum Gasteiger partial charge on any atom is -0.303 e. The lowest BCUT2D eigenvalue weighted by molar-refractivity contribution is 0.109. The molecule has 0 aromatic heterocycles. The average Bonchev–Trinajstić information content (AvgIpc) is 2.15. The molecule has 0 unspecified atom stereocenters. The first-order valence-electron chi connectivity index (χ1n) is 7.41. The van der Waals surface area contributed by atoms with E-state index in [2.05, 4.69) is 46.4 Å². The molecule has 102 valence electrons. The zero-order valence-electron chi connectivity index (χ0n) is 13.0. The predicted octanol–water partition coefficient (Wildman–Crippen LogP) is 4.57. The van der Waals surface area contributed by atoms with Gasteiger partial charge in [-0.05, 0) is 62.1 Å². The van der Waals surface area contributed by atoms with Crippen molar-refractivity contribution in [3.05, 3.63) is 0 Å². The molecule has 1 rings (SSSR count). The van der Waals surface area contributed by atoms with E-state index in [1.807, 2.05) is 0 Å². The van der Waals surface area contributed by atoms with E-state index >= 15 is 0 Å². The fourth-order valence-corrected chi connectivity index (χ4v) is 2.86. The van der Waals surface area contributed by atoms with Gasteiger partial charge in [0, 0.05) is 0 Å². The molecule has 0 amide bonds. The van der Waals surface area contributed by atoms with Crippen LogP contribution in [0.4, 0.5) is 0 Å². The lowest BCUT2D eigenvalue weighted by Crippen LogP contribution is -2.38. The highest BCUT2D eigenvalue weighted by molar-refractivity contribution is 4.80. The lowest BCUT2D eigenvalue weighted by Gasteiger charge is -2.39. The van der Waals surface area contributed by atoms with E-state index in [4.69, 9.17) is 0 Å². The molecule has 0 N–H and O–H groups in total. The maximum absolute atomic E-state index is 2.67. The molecule has 1 saturated heterocycles. The van der Waals surface area contributed by atoms with E-state index in [1.54, 1.807) is 0 Å². The number of piperidine rings is 1. The van der Waals surface area contributed by atoms with E-state index in [1.165, 1.54) is 45.3 Å². The standard InChI is InChI=1S/C16H33N/c1-15(2,3)10-7-11-17-12-8-14(9-13-17)16(4,5)6/h14H,7-13H2,1-6H3. The third-order valence-electron chi connectivity index (χ3n) is 4.21. The summed E-state index contributed by atoms with van der Waals surface area (Å²) in [5.74, 6) is 0.932. The van der Waals surface area contributed by atoms with Crippen molar-refractivity contribution in [1.82, 2.24) is 4.90 Å². The third-order valence-corrected chi connectivity index (χ3v) is 4.21. The van der Waals surface area contributed by atoms with Gasteiger partial charge in [-0.2, -0.15) is 0 Å². The molecule has 0 aromatic rings.